The summed E-state index contributed by atoms with van der Waals surface area (Å²) in [7, 11) is 0. The quantitative estimate of drug-likeness (QED) is 0.622. The molecule has 0 atom stereocenters. The minimum atomic E-state index is -0.436. The Morgan fingerprint density at radius 1 is 1.11 bits per heavy atom. The number of para-hydroxylation sites is 2. The minimum absolute atomic E-state index is 0.0125. The predicted molar refractivity (Wildman–Crippen MR) is 106 cm³/mol. The molecular formula is C19H15N3O3S2. The van der Waals surface area contributed by atoms with Crippen molar-refractivity contribution in [1.29, 1.82) is 0 Å². The van der Waals surface area contributed by atoms with Gasteiger partial charge in [0.15, 0.2) is 4.34 Å². The second kappa shape index (κ2) is 7.51. The zero-order valence-electron chi connectivity index (χ0n) is 14.1. The van der Waals surface area contributed by atoms with Crippen molar-refractivity contribution in [3.05, 3.63) is 60.3 Å². The van der Waals surface area contributed by atoms with Gasteiger partial charge in [-0.3, -0.25) is 14.5 Å². The largest absolute Gasteiger partial charge is 0.395 e. The monoisotopic (exact) mass is 397 g/mol. The number of benzene rings is 2. The first kappa shape index (κ1) is 17.7. The Labute approximate surface area is 163 Å². The third-order valence-corrected chi connectivity index (χ3v) is 6.13. The predicted octanol–water partition coefficient (Wildman–Crippen LogP) is 3.10. The zero-order valence-corrected chi connectivity index (χ0v) is 15.7. The fraction of sp³-hybridized carbons (Fsp3) is 0.105. The van der Waals surface area contributed by atoms with Crippen molar-refractivity contribution in [1.82, 2.24) is 9.88 Å². The number of thiazole rings is 1. The topological polar surface area (TPSA) is 82.5 Å². The number of β-amino-alcohol motifs (C(OH)–C–C–N with tert-alkyl or cyclic N) is 1. The Morgan fingerprint density at radius 3 is 2.70 bits per heavy atom. The Hall–Kier alpha value is -2.68. The number of carbonyl (C=O) groups is 2. The first-order chi connectivity index (χ1) is 13.2. The van der Waals surface area contributed by atoms with Crippen LogP contribution in [0.5, 0.6) is 0 Å². The van der Waals surface area contributed by atoms with E-state index in [1.54, 1.807) is 11.3 Å². The van der Waals surface area contributed by atoms with Crippen LogP contribution in [0.15, 0.2) is 69.5 Å². The molecule has 1 aliphatic heterocycles. The standard InChI is InChI=1S/C19H15N3O3S2/c23-10-9-22-17(24)11-14(18(22)25)20-12-5-1-3-7-15(12)26-19-21-13-6-2-4-8-16(13)27-19/h1-8,11,20,23H,9-10H2. The van der Waals surface area contributed by atoms with Gasteiger partial charge in [-0.15, -0.1) is 11.3 Å². The van der Waals surface area contributed by atoms with Crippen LogP contribution in [0.25, 0.3) is 10.2 Å². The maximum absolute atomic E-state index is 12.3. The number of amides is 2. The van der Waals surface area contributed by atoms with Gasteiger partial charge >= 0.3 is 0 Å². The Kier molecular flexibility index (Phi) is 4.93. The van der Waals surface area contributed by atoms with Crippen LogP contribution in [0.2, 0.25) is 0 Å². The summed E-state index contributed by atoms with van der Waals surface area (Å²) in [5, 5.41) is 12.1. The highest BCUT2D eigenvalue weighted by Gasteiger charge is 2.30. The number of aromatic nitrogens is 1. The molecule has 0 radical (unpaired) electrons. The summed E-state index contributed by atoms with van der Waals surface area (Å²) in [6.45, 7) is -0.274. The highest BCUT2D eigenvalue weighted by Crippen LogP contribution is 2.38. The van der Waals surface area contributed by atoms with Gasteiger partial charge in [-0.1, -0.05) is 36.0 Å². The third kappa shape index (κ3) is 3.59. The van der Waals surface area contributed by atoms with Crippen LogP contribution in [0.3, 0.4) is 0 Å². The lowest BCUT2D eigenvalue weighted by atomic mass is 10.3. The molecule has 0 aliphatic carbocycles. The van der Waals surface area contributed by atoms with Gasteiger partial charge in [0.2, 0.25) is 0 Å². The Bertz CT molecular complexity index is 1030. The van der Waals surface area contributed by atoms with Crippen molar-refractivity contribution in [3.8, 4) is 0 Å². The number of nitrogens with one attached hydrogen (secondary N) is 1. The van der Waals surface area contributed by atoms with E-state index in [1.807, 2.05) is 48.5 Å². The molecule has 6 nitrogen and oxygen atoms in total. The second-order valence-corrected chi connectivity index (χ2v) is 8.07. The SMILES string of the molecule is O=C1C=C(Nc2ccccc2Sc2nc3ccccc3s2)C(=O)N1CCO. The van der Waals surface area contributed by atoms with E-state index in [0.29, 0.717) is 0 Å². The first-order valence-electron chi connectivity index (χ1n) is 8.23. The second-order valence-electron chi connectivity index (χ2n) is 5.75. The first-order valence-corrected chi connectivity index (χ1v) is 9.87. The highest BCUT2D eigenvalue weighted by atomic mass is 32.2. The number of hydrogen-bond donors (Lipinski definition) is 2. The van der Waals surface area contributed by atoms with Crippen LogP contribution < -0.4 is 5.32 Å². The molecule has 0 saturated heterocycles. The van der Waals surface area contributed by atoms with Gasteiger partial charge in [0, 0.05) is 11.0 Å². The van der Waals surface area contributed by atoms with Crippen molar-refractivity contribution >= 4 is 50.8 Å². The molecular weight excluding hydrogens is 382 g/mol. The molecule has 0 saturated carbocycles. The van der Waals surface area contributed by atoms with E-state index in [4.69, 9.17) is 5.11 Å². The summed E-state index contributed by atoms with van der Waals surface area (Å²) in [5.74, 6) is -0.860. The number of hydrogen-bond acceptors (Lipinski definition) is 7. The summed E-state index contributed by atoms with van der Waals surface area (Å²) in [5.41, 5.74) is 1.88. The van der Waals surface area contributed by atoms with Crippen molar-refractivity contribution in [2.24, 2.45) is 0 Å². The van der Waals surface area contributed by atoms with E-state index in [2.05, 4.69) is 10.3 Å². The number of aliphatic hydroxyl groups excluding tert-OH is 1. The molecule has 2 aromatic carbocycles. The van der Waals surface area contributed by atoms with Gasteiger partial charge in [0.05, 0.1) is 29.1 Å². The lowest BCUT2D eigenvalue weighted by Crippen LogP contribution is -2.34. The molecule has 0 fully saturated rings. The zero-order chi connectivity index (χ0) is 18.8. The average molecular weight is 397 g/mol. The molecule has 4 rings (SSSR count). The van der Waals surface area contributed by atoms with Crippen molar-refractivity contribution in [3.63, 3.8) is 0 Å². The smallest absolute Gasteiger partial charge is 0.277 e. The van der Waals surface area contributed by atoms with Crippen LogP contribution in [-0.2, 0) is 9.59 Å². The van der Waals surface area contributed by atoms with Crippen molar-refractivity contribution < 1.29 is 14.7 Å². The summed E-state index contributed by atoms with van der Waals surface area (Å²) < 4.78 is 2.01. The summed E-state index contributed by atoms with van der Waals surface area (Å²) in [6, 6.07) is 15.5. The molecule has 27 heavy (non-hydrogen) atoms. The van der Waals surface area contributed by atoms with E-state index in [9.17, 15) is 9.59 Å². The van der Waals surface area contributed by atoms with Crippen molar-refractivity contribution in [2.45, 2.75) is 9.24 Å². The number of aliphatic hydroxyl groups is 1. The maximum Gasteiger partial charge on any atom is 0.277 e. The summed E-state index contributed by atoms with van der Waals surface area (Å²) in [4.78, 5) is 30.8. The number of nitrogens with zero attached hydrogens (tertiary/aromatic N) is 2. The number of anilines is 1. The van der Waals surface area contributed by atoms with Crippen molar-refractivity contribution in [2.75, 3.05) is 18.5 Å². The molecule has 2 N–H and O–H groups in total. The number of rotatable bonds is 6. The van der Waals surface area contributed by atoms with Gasteiger partial charge < -0.3 is 10.4 Å². The van der Waals surface area contributed by atoms with Crippen LogP contribution in [0, 0.1) is 0 Å². The highest BCUT2D eigenvalue weighted by molar-refractivity contribution is 8.01. The fourth-order valence-corrected chi connectivity index (χ4v) is 4.81. The fourth-order valence-electron chi connectivity index (χ4n) is 2.70. The normalized spacial score (nSPS) is 14.1. The van der Waals surface area contributed by atoms with Crippen LogP contribution >= 0.6 is 23.1 Å². The number of imide groups is 1. The lowest BCUT2D eigenvalue weighted by molar-refractivity contribution is -0.137. The Balaban J connectivity index is 1.57. The van der Waals surface area contributed by atoms with Gasteiger partial charge in [-0.2, -0.15) is 0 Å². The van der Waals surface area contributed by atoms with E-state index in [-0.39, 0.29) is 18.8 Å². The van der Waals surface area contributed by atoms with E-state index >= 15 is 0 Å². The molecule has 1 aliphatic rings. The van der Waals surface area contributed by atoms with Gasteiger partial charge in [-0.05, 0) is 24.3 Å². The molecule has 1 aromatic heterocycles. The number of fused-ring (bicyclic) bond motifs is 1. The molecule has 0 bridgehead atoms. The molecule has 0 unspecified atom stereocenters. The maximum atomic E-state index is 12.3. The minimum Gasteiger partial charge on any atom is -0.395 e. The van der Waals surface area contributed by atoms with Gasteiger partial charge in [-0.25, -0.2) is 4.98 Å². The van der Waals surface area contributed by atoms with Crippen LogP contribution in [0.4, 0.5) is 5.69 Å². The Morgan fingerprint density at radius 2 is 1.89 bits per heavy atom. The average Bonchev–Trinajstić information content (AvgIpc) is 3.19. The molecule has 2 heterocycles. The third-order valence-electron chi connectivity index (χ3n) is 3.96. The van der Waals surface area contributed by atoms with E-state index < -0.39 is 11.8 Å². The van der Waals surface area contributed by atoms with Crippen LogP contribution in [-0.4, -0.2) is 40.0 Å². The lowest BCUT2D eigenvalue weighted by Gasteiger charge is -2.14. The molecule has 0 spiro atoms. The van der Waals surface area contributed by atoms with E-state index in [0.717, 1.165) is 30.0 Å². The molecule has 136 valence electrons. The molecule has 2 amide bonds. The van der Waals surface area contributed by atoms with Gasteiger partial charge in [0.1, 0.15) is 5.70 Å². The molecule has 3 aromatic rings. The molecule has 8 heteroatoms. The number of carbonyl (C=O) groups excluding carboxylic acids is 2. The van der Waals surface area contributed by atoms with E-state index in [1.165, 1.54) is 17.8 Å². The van der Waals surface area contributed by atoms with Gasteiger partial charge in [0.25, 0.3) is 11.8 Å². The van der Waals surface area contributed by atoms with Crippen LogP contribution in [0.1, 0.15) is 0 Å². The summed E-state index contributed by atoms with van der Waals surface area (Å²) in [6.07, 6.45) is 1.26. The summed E-state index contributed by atoms with van der Waals surface area (Å²) >= 11 is 3.11.